The van der Waals surface area contributed by atoms with Gasteiger partial charge in [-0.15, -0.1) is 0 Å². The molecule has 3 rings (SSSR count). The van der Waals surface area contributed by atoms with Crippen molar-refractivity contribution in [2.75, 3.05) is 13.2 Å². The van der Waals surface area contributed by atoms with Crippen molar-refractivity contribution in [1.29, 1.82) is 0 Å². The summed E-state index contributed by atoms with van der Waals surface area (Å²) in [5, 5.41) is 11.9. The molecule has 1 saturated heterocycles. The third-order valence-corrected chi connectivity index (χ3v) is 4.19. The van der Waals surface area contributed by atoms with Gasteiger partial charge >= 0.3 is 5.97 Å². The maximum absolute atomic E-state index is 12.3. The van der Waals surface area contributed by atoms with Gasteiger partial charge in [0.1, 0.15) is 5.76 Å². The molecule has 0 bridgehead atoms. The predicted octanol–water partition coefficient (Wildman–Crippen LogP) is 2.12. The number of ketones is 1. The van der Waals surface area contributed by atoms with E-state index in [9.17, 15) is 19.5 Å². The van der Waals surface area contributed by atoms with E-state index in [4.69, 9.17) is 9.15 Å². The number of nitrogens with one attached hydrogen (secondary N) is 1. The van der Waals surface area contributed by atoms with E-state index >= 15 is 0 Å². The molecule has 130 valence electrons. The molecule has 7 nitrogen and oxygen atoms in total. The van der Waals surface area contributed by atoms with Crippen molar-refractivity contribution in [3.8, 4) is 11.3 Å². The van der Waals surface area contributed by atoms with E-state index in [-0.39, 0.29) is 31.2 Å². The number of rotatable bonds is 5. The summed E-state index contributed by atoms with van der Waals surface area (Å²) in [6.45, 7) is 1.68. The minimum Gasteiger partial charge on any atom is -0.479 e. The van der Waals surface area contributed by atoms with Gasteiger partial charge in [-0.1, -0.05) is 24.3 Å². The lowest BCUT2D eigenvalue weighted by molar-refractivity contribution is -0.144. The fourth-order valence-electron chi connectivity index (χ4n) is 2.65. The number of carboxylic acids is 1. The molecule has 0 saturated carbocycles. The van der Waals surface area contributed by atoms with E-state index in [1.807, 2.05) is 0 Å². The number of ether oxygens (including phenoxy) is 1. The highest BCUT2D eigenvalue weighted by molar-refractivity contribution is 5.96. The number of carboxylic acid groups (broad SMARTS) is 1. The summed E-state index contributed by atoms with van der Waals surface area (Å²) in [4.78, 5) is 35.1. The number of amides is 1. The van der Waals surface area contributed by atoms with Crippen molar-refractivity contribution in [2.24, 2.45) is 0 Å². The summed E-state index contributed by atoms with van der Waals surface area (Å²) in [7, 11) is 0. The first kappa shape index (κ1) is 16.9. The minimum atomic E-state index is -1.42. The Hall–Kier alpha value is -2.93. The van der Waals surface area contributed by atoms with Crippen molar-refractivity contribution in [3.05, 3.63) is 47.7 Å². The van der Waals surface area contributed by atoms with Gasteiger partial charge in [0, 0.05) is 24.2 Å². The van der Waals surface area contributed by atoms with E-state index in [1.54, 1.807) is 30.3 Å². The minimum absolute atomic E-state index is 0.0122. The number of carbonyl (C=O) groups excluding carboxylic acids is 2. The molecule has 2 heterocycles. The number of Topliss-reactive ketones (excluding diaryl/α,β-unsaturated/α-hetero) is 1. The van der Waals surface area contributed by atoms with Crippen LogP contribution in [0.1, 0.15) is 34.3 Å². The lowest BCUT2D eigenvalue weighted by Gasteiger charge is -2.22. The Morgan fingerprint density at radius 2 is 1.84 bits per heavy atom. The maximum Gasteiger partial charge on any atom is 0.331 e. The third kappa shape index (κ3) is 3.32. The molecule has 1 amide bonds. The summed E-state index contributed by atoms with van der Waals surface area (Å²) in [5.41, 5.74) is -0.133. The van der Waals surface area contributed by atoms with Crippen molar-refractivity contribution in [3.63, 3.8) is 0 Å². The highest BCUT2D eigenvalue weighted by Gasteiger charge is 2.44. The standard InChI is InChI=1S/C18H17NO6/c1-11(20)12-2-4-13(5-3-12)14-6-7-15(25-14)16(21)19-18(17(22)23)8-9-24-10-18/h2-7H,8-10H2,1H3,(H,19,21)(H,22,23). The zero-order chi connectivity index (χ0) is 18.0. The van der Waals surface area contributed by atoms with Gasteiger partial charge in [0.25, 0.3) is 5.91 Å². The van der Waals surface area contributed by atoms with Crippen LogP contribution in [0.2, 0.25) is 0 Å². The van der Waals surface area contributed by atoms with Crippen LogP contribution in [0.3, 0.4) is 0 Å². The van der Waals surface area contributed by atoms with Gasteiger partial charge in [-0.3, -0.25) is 9.59 Å². The van der Waals surface area contributed by atoms with Crippen molar-refractivity contribution in [2.45, 2.75) is 18.9 Å². The van der Waals surface area contributed by atoms with Gasteiger partial charge in [0.2, 0.25) is 0 Å². The largest absolute Gasteiger partial charge is 0.479 e. The molecule has 0 spiro atoms. The van der Waals surface area contributed by atoms with Crippen molar-refractivity contribution < 1.29 is 28.6 Å². The zero-order valence-electron chi connectivity index (χ0n) is 13.6. The van der Waals surface area contributed by atoms with Gasteiger partial charge in [-0.25, -0.2) is 4.79 Å². The van der Waals surface area contributed by atoms with Crippen molar-refractivity contribution in [1.82, 2.24) is 5.32 Å². The molecule has 1 unspecified atom stereocenters. The molecule has 1 aromatic heterocycles. The molecular formula is C18H17NO6. The van der Waals surface area contributed by atoms with Crippen molar-refractivity contribution >= 4 is 17.7 Å². The average molecular weight is 343 g/mol. The van der Waals surface area contributed by atoms with E-state index in [0.29, 0.717) is 16.9 Å². The molecule has 0 radical (unpaired) electrons. The number of hydrogen-bond donors (Lipinski definition) is 2. The van der Waals surface area contributed by atoms with Crippen LogP contribution in [-0.4, -0.2) is 41.5 Å². The topological polar surface area (TPSA) is 106 Å². The Morgan fingerprint density at radius 1 is 1.12 bits per heavy atom. The second-order valence-electron chi connectivity index (χ2n) is 5.94. The maximum atomic E-state index is 12.3. The van der Waals surface area contributed by atoms with Gasteiger partial charge in [0.15, 0.2) is 17.1 Å². The molecule has 25 heavy (non-hydrogen) atoms. The van der Waals surface area contributed by atoms with E-state index in [0.717, 1.165) is 0 Å². The first-order valence-electron chi connectivity index (χ1n) is 7.76. The molecule has 2 N–H and O–H groups in total. The van der Waals surface area contributed by atoms with Gasteiger partial charge < -0.3 is 19.6 Å². The lowest BCUT2D eigenvalue weighted by Crippen LogP contribution is -2.55. The summed E-state index contributed by atoms with van der Waals surface area (Å²) >= 11 is 0. The number of carbonyl (C=O) groups is 3. The molecule has 2 aromatic rings. The summed E-state index contributed by atoms with van der Waals surface area (Å²) in [5.74, 6) is -1.32. The predicted molar refractivity (Wildman–Crippen MR) is 87.4 cm³/mol. The highest BCUT2D eigenvalue weighted by atomic mass is 16.5. The first-order valence-corrected chi connectivity index (χ1v) is 7.76. The first-order chi connectivity index (χ1) is 11.9. The normalized spacial score (nSPS) is 19.6. The Morgan fingerprint density at radius 3 is 2.40 bits per heavy atom. The van der Waals surface area contributed by atoms with E-state index < -0.39 is 17.4 Å². The summed E-state index contributed by atoms with van der Waals surface area (Å²) in [6.07, 6.45) is 0.203. The highest BCUT2D eigenvalue weighted by Crippen LogP contribution is 2.24. The molecule has 1 fully saturated rings. The number of aliphatic carboxylic acids is 1. The Labute approximate surface area is 143 Å². The molecule has 1 aliphatic rings. The average Bonchev–Trinajstić information content (AvgIpc) is 3.25. The van der Waals surface area contributed by atoms with E-state index in [1.165, 1.54) is 13.0 Å². The van der Waals surface area contributed by atoms with Crippen LogP contribution < -0.4 is 5.32 Å². The SMILES string of the molecule is CC(=O)c1ccc(-c2ccc(C(=O)NC3(C(=O)O)CCOC3)o2)cc1. The number of hydrogen-bond acceptors (Lipinski definition) is 5. The quantitative estimate of drug-likeness (QED) is 0.806. The second-order valence-corrected chi connectivity index (χ2v) is 5.94. The fourth-order valence-corrected chi connectivity index (χ4v) is 2.65. The van der Waals surface area contributed by atoms with Crippen LogP contribution in [-0.2, 0) is 9.53 Å². The lowest BCUT2D eigenvalue weighted by atomic mass is 9.99. The van der Waals surface area contributed by atoms with Gasteiger partial charge in [-0.05, 0) is 19.1 Å². The van der Waals surface area contributed by atoms with E-state index in [2.05, 4.69) is 5.32 Å². The van der Waals surface area contributed by atoms with Gasteiger partial charge in [0.05, 0.1) is 6.61 Å². The second kappa shape index (κ2) is 6.52. The monoisotopic (exact) mass is 343 g/mol. The summed E-state index contributed by atoms with van der Waals surface area (Å²) < 4.78 is 10.6. The van der Waals surface area contributed by atoms with Crippen LogP contribution in [0.25, 0.3) is 11.3 Å². The van der Waals surface area contributed by atoms with Crippen LogP contribution >= 0.6 is 0 Å². The van der Waals surface area contributed by atoms with Crippen LogP contribution in [0, 0.1) is 0 Å². The molecule has 1 atom stereocenters. The molecular weight excluding hydrogens is 326 g/mol. The zero-order valence-corrected chi connectivity index (χ0v) is 13.6. The summed E-state index contributed by atoms with van der Waals surface area (Å²) in [6, 6.07) is 9.90. The Kier molecular flexibility index (Phi) is 4.41. The van der Waals surface area contributed by atoms with Crippen LogP contribution in [0.15, 0.2) is 40.8 Å². The number of furan rings is 1. The number of benzene rings is 1. The molecule has 1 aliphatic heterocycles. The molecule has 7 heteroatoms. The van der Waals surface area contributed by atoms with Gasteiger partial charge in [-0.2, -0.15) is 0 Å². The molecule has 1 aromatic carbocycles. The molecule has 0 aliphatic carbocycles. The van der Waals surface area contributed by atoms with Crippen LogP contribution in [0.4, 0.5) is 0 Å². The fraction of sp³-hybridized carbons (Fsp3) is 0.278. The Balaban J connectivity index is 1.77. The Bertz CT molecular complexity index is 814. The third-order valence-electron chi connectivity index (χ3n) is 4.19. The van der Waals surface area contributed by atoms with Crippen LogP contribution in [0.5, 0.6) is 0 Å². The smallest absolute Gasteiger partial charge is 0.331 e.